The summed E-state index contributed by atoms with van der Waals surface area (Å²) < 4.78 is 22.4. The van der Waals surface area contributed by atoms with E-state index >= 15 is 0 Å². The molecule has 2 atom stereocenters. The molecule has 0 aliphatic rings. The molecule has 98 valence electrons. The summed E-state index contributed by atoms with van der Waals surface area (Å²) in [6, 6.07) is 0. The van der Waals surface area contributed by atoms with Crippen LogP contribution in [0.5, 0.6) is 0 Å². The fraction of sp³-hybridized carbons (Fsp3) is 1.00. The standard InChI is InChI=1S/C7H19NO6P2/c1-8(2)6-4-5-7(9,15(3,10)11)16(12,13)14/h9H,4-6H2,1-3H3,(H,10,11)(H2,12,13,14). The molecule has 0 aromatic rings. The zero-order valence-electron chi connectivity index (χ0n) is 9.57. The first-order valence-electron chi connectivity index (χ1n) is 4.65. The summed E-state index contributed by atoms with van der Waals surface area (Å²) in [6.07, 6.45) is -0.202. The van der Waals surface area contributed by atoms with Crippen LogP contribution in [0.3, 0.4) is 0 Å². The van der Waals surface area contributed by atoms with Crippen LogP contribution in [0.2, 0.25) is 0 Å². The van der Waals surface area contributed by atoms with Gasteiger partial charge in [-0.15, -0.1) is 0 Å². The predicted octanol–water partition coefficient (Wildman–Crippen LogP) is 0.0522. The van der Waals surface area contributed by atoms with Gasteiger partial charge in [0, 0.05) is 6.66 Å². The van der Waals surface area contributed by atoms with Crippen molar-refractivity contribution in [1.29, 1.82) is 0 Å². The zero-order valence-corrected chi connectivity index (χ0v) is 11.4. The zero-order chi connectivity index (χ0) is 13.2. The monoisotopic (exact) mass is 275 g/mol. The van der Waals surface area contributed by atoms with Gasteiger partial charge < -0.3 is 24.7 Å². The van der Waals surface area contributed by atoms with Crippen LogP contribution in [0, 0.1) is 0 Å². The Morgan fingerprint density at radius 1 is 1.19 bits per heavy atom. The maximum absolute atomic E-state index is 11.4. The summed E-state index contributed by atoms with van der Waals surface area (Å²) in [4.78, 5) is 28.9. The molecule has 0 aliphatic heterocycles. The van der Waals surface area contributed by atoms with Gasteiger partial charge in [-0.05, 0) is 33.5 Å². The summed E-state index contributed by atoms with van der Waals surface area (Å²) in [7, 11) is -5.84. The fourth-order valence-electron chi connectivity index (χ4n) is 1.23. The molecule has 4 N–H and O–H groups in total. The summed E-state index contributed by atoms with van der Waals surface area (Å²) in [5.41, 5.74) is 0. The number of hydrogen-bond donors (Lipinski definition) is 4. The Labute approximate surface area is 94.7 Å². The lowest BCUT2D eigenvalue weighted by molar-refractivity contribution is 0.136. The normalized spacial score (nSPS) is 20.5. The number of hydrogen-bond acceptors (Lipinski definition) is 4. The van der Waals surface area contributed by atoms with Gasteiger partial charge >= 0.3 is 7.60 Å². The highest BCUT2D eigenvalue weighted by Gasteiger charge is 2.55. The second kappa shape index (κ2) is 5.27. The minimum atomic E-state index is -5.05. The maximum atomic E-state index is 11.4. The minimum Gasteiger partial charge on any atom is -0.369 e. The summed E-state index contributed by atoms with van der Waals surface area (Å²) in [6.45, 7) is 1.21. The number of rotatable bonds is 6. The van der Waals surface area contributed by atoms with Gasteiger partial charge in [-0.25, -0.2) is 0 Å². The Bertz CT molecular complexity index is 297. The smallest absolute Gasteiger partial charge is 0.366 e. The molecule has 0 radical (unpaired) electrons. The predicted molar refractivity (Wildman–Crippen MR) is 60.5 cm³/mol. The van der Waals surface area contributed by atoms with Crippen molar-refractivity contribution >= 4 is 15.0 Å². The average Bonchev–Trinajstić information content (AvgIpc) is 1.98. The molecule has 0 aromatic heterocycles. The molecule has 0 amide bonds. The molecule has 0 bridgehead atoms. The Kier molecular flexibility index (Phi) is 5.36. The van der Waals surface area contributed by atoms with E-state index in [0.29, 0.717) is 6.54 Å². The molecule has 0 heterocycles. The maximum Gasteiger partial charge on any atom is 0.366 e. The third kappa shape index (κ3) is 3.93. The molecule has 0 saturated carbocycles. The largest absolute Gasteiger partial charge is 0.369 e. The third-order valence-electron chi connectivity index (χ3n) is 2.25. The van der Waals surface area contributed by atoms with Gasteiger partial charge in [0.05, 0.1) is 0 Å². The van der Waals surface area contributed by atoms with E-state index in [2.05, 4.69) is 0 Å². The van der Waals surface area contributed by atoms with Crippen LogP contribution < -0.4 is 0 Å². The SMILES string of the molecule is CN(C)CCCC(O)(P(C)(=O)O)P(=O)(O)O. The van der Waals surface area contributed by atoms with Crippen molar-refractivity contribution < 1.29 is 28.9 Å². The van der Waals surface area contributed by atoms with Crippen LogP contribution in [0.4, 0.5) is 0 Å². The van der Waals surface area contributed by atoms with E-state index in [0.717, 1.165) is 6.66 Å². The molecular weight excluding hydrogens is 256 g/mol. The fourth-order valence-corrected chi connectivity index (χ4v) is 4.18. The molecule has 16 heavy (non-hydrogen) atoms. The molecule has 0 aromatic carbocycles. The molecular formula is C7H19NO6P2. The molecule has 2 unspecified atom stereocenters. The summed E-state index contributed by atoms with van der Waals surface area (Å²) >= 11 is 0. The Hall–Kier alpha value is 0.260. The van der Waals surface area contributed by atoms with Gasteiger partial charge in [0.15, 0.2) is 0 Å². The Morgan fingerprint density at radius 3 is 1.88 bits per heavy atom. The Morgan fingerprint density at radius 2 is 1.62 bits per heavy atom. The van der Waals surface area contributed by atoms with E-state index in [1.54, 1.807) is 19.0 Å². The van der Waals surface area contributed by atoms with Gasteiger partial charge in [0.25, 0.3) is 0 Å². The average molecular weight is 275 g/mol. The molecule has 0 spiro atoms. The van der Waals surface area contributed by atoms with Crippen LogP contribution in [0.25, 0.3) is 0 Å². The van der Waals surface area contributed by atoms with E-state index in [9.17, 15) is 19.1 Å². The molecule has 0 fully saturated rings. The van der Waals surface area contributed by atoms with Crippen molar-refractivity contribution in [3.8, 4) is 0 Å². The van der Waals surface area contributed by atoms with Crippen molar-refractivity contribution in [3.63, 3.8) is 0 Å². The highest BCUT2D eigenvalue weighted by Crippen LogP contribution is 2.69. The van der Waals surface area contributed by atoms with E-state index in [4.69, 9.17) is 9.79 Å². The third-order valence-corrected chi connectivity index (χ3v) is 6.85. The van der Waals surface area contributed by atoms with E-state index in [-0.39, 0.29) is 6.42 Å². The van der Waals surface area contributed by atoms with Crippen LogP contribution in [0.1, 0.15) is 12.8 Å². The van der Waals surface area contributed by atoms with Gasteiger partial charge in [-0.1, -0.05) is 0 Å². The highest BCUT2D eigenvalue weighted by atomic mass is 31.2. The number of aliphatic hydroxyl groups is 1. The van der Waals surface area contributed by atoms with Crippen LogP contribution in [0.15, 0.2) is 0 Å². The first-order chi connectivity index (χ1) is 6.92. The number of nitrogens with zero attached hydrogens (tertiary/aromatic N) is 1. The lowest BCUT2D eigenvalue weighted by Gasteiger charge is -2.31. The van der Waals surface area contributed by atoms with Crippen LogP contribution in [-0.2, 0) is 9.13 Å². The van der Waals surface area contributed by atoms with Crippen molar-refractivity contribution in [2.45, 2.75) is 17.9 Å². The van der Waals surface area contributed by atoms with E-state index < -0.39 is 26.5 Å². The first-order valence-corrected chi connectivity index (χ1v) is 8.37. The lowest BCUT2D eigenvalue weighted by atomic mass is 10.3. The van der Waals surface area contributed by atoms with Gasteiger partial charge in [0.2, 0.25) is 12.5 Å². The topological polar surface area (TPSA) is 118 Å². The van der Waals surface area contributed by atoms with Gasteiger partial charge in [-0.3, -0.25) is 9.13 Å². The second-order valence-corrected chi connectivity index (χ2v) is 8.78. The quantitative estimate of drug-likeness (QED) is 0.506. The van der Waals surface area contributed by atoms with E-state index in [1.807, 2.05) is 0 Å². The first kappa shape index (κ1) is 16.3. The Balaban J connectivity index is 4.86. The van der Waals surface area contributed by atoms with Crippen LogP contribution in [-0.4, -0.2) is 57.1 Å². The van der Waals surface area contributed by atoms with Crippen molar-refractivity contribution in [2.75, 3.05) is 27.3 Å². The molecule has 7 nitrogen and oxygen atoms in total. The summed E-state index contributed by atoms with van der Waals surface area (Å²) in [5, 5.41) is 6.87. The molecule has 0 saturated heterocycles. The van der Waals surface area contributed by atoms with Gasteiger partial charge in [-0.2, -0.15) is 0 Å². The van der Waals surface area contributed by atoms with E-state index in [1.165, 1.54) is 0 Å². The second-order valence-electron chi connectivity index (χ2n) is 4.10. The van der Waals surface area contributed by atoms with Crippen molar-refractivity contribution in [3.05, 3.63) is 0 Å². The molecule has 0 aliphatic carbocycles. The van der Waals surface area contributed by atoms with Crippen molar-refractivity contribution in [2.24, 2.45) is 0 Å². The molecule has 9 heteroatoms. The van der Waals surface area contributed by atoms with Gasteiger partial charge in [0.1, 0.15) is 0 Å². The summed E-state index contributed by atoms with van der Waals surface area (Å²) in [5.74, 6) is 0. The minimum absolute atomic E-state index is 0.215. The molecule has 0 rings (SSSR count). The van der Waals surface area contributed by atoms with Crippen LogP contribution >= 0.6 is 15.0 Å². The van der Waals surface area contributed by atoms with Crippen molar-refractivity contribution in [1.82, 2.24) is 4.90 Å². The lowest BCUT2D eigenvalue weighted by Crippen LogP contribution is -2.29. The highest BCUT2D eigenvalue weighted by molar-refractivity contribution is 7.74.